The maximum atomic E-state index is 12.7. The lowest BCUT2D eigenvalue weighted by molar-refractivity contribution is 0.0746. The summed E-state index contributed by atoms with van der Waals surface area (Å²) in [5, 5.41) is 0.601. The molecule has 1 saturated heterocycles. The van der Waals surface area contributed by atoms with Gasteiger partial charge in [0, 0.05) is 50.0 Å². The highest BCUT2D eigenvalue weighted by Gasteiger charge is 2.25. The van der Waals surface area contributed by atoms with Crippen molar-refractivity contribution in [2.75, 3.05) is 31.1 Å². The second-order valence-corrected chi connectivity index (χ2v) is 6.87. The van der Waals surface area contributed by atoms with Gasteiger partial charge in [-0.3, -0.25) is 14.2 Å². The summed E-state index contributed by atoms with van der Waals surface area (Å²) in [7, 11) is 1.70. The average molecular weight is 384 g/mol. The van der Waals surface area contributed by atoms with Gasteiger partial charge in [-0.1, -0.05) is 11.6 Å². The van der Waals surface area contributed by atoms with Crippen molar-refractivity contribution in [2.45, 2.75) is 0 Å². The fraction of sp³-hybridized carbons (Fsp3) is 0.263. The quantitative estimate of drug-likeness (QED) is 0.676. The van der Waals surface area contributed by atoms with Crippen LogP contribution in [0.15, 0.2) is 47.4 Å². The number of amides is 1. The minimum absolute atomic E-state index is 0.0325. The molecular formula is C19H18ClN5O2. The van der Waals surface area contributed by atoms with Crippen molar-refractivity contribution in [3.05, 3.63) is 63.5 Å². The van der Waals surface area contributed by atoms with Crippen LogP contribution in [0.5, 0.6) is 0 Å². The van der Waals surface area contributed by atoms with Gasteiger partial charge in [0.1, 0.15) is 5.52 Å². The zero-order chi connectivity index (χ0) is 19.0. The van der Waals surface area contributed by atoms with Crippen LogP contribution in [0.2, 0.25) is 5.02 Å². The van der Waals surface area contributed by atoms with E-state index in [9.17, 15) is 9.59 Å². The molecule has 3 aromatic rings. The molecule has 8 heteroatoms. The molecule has 0 unspecified atom stereocenters. The first-order valence-electron chi connectivity index (χ1n) is 8.66. The van der Waals surface area contributed by atoms with Crippen molar-refractivity contribution in [3.8, 4) is 0 Å². The van der Waals surface area contributed by atoms with Crippen molar-refractivity contribution < 1.29 is 4.79 Å². The Morgan fingerprint density at radius 3 is 2.48 bits per heavy atom. The molecule has 0 bridgehead atoms. The molecule has 1 fully saturated rings. The second kappa shape index (κ2) is 7.00. The summed E-state index contributed by atoms with van der Waals surface area (Å²) in [6.45, 7) is 2.15. The maximum absolute atomic E-state index is 12.7. The highest BCUT2D eigenvalue weighted by Crippen LogP contribution is 2.16. The van der Waals surface area contributed by atoms with E-state index in [2.05, 4.69) is 9.97 Å². The van der Waals surface area contributed by atoms with Gasteiger partial charge in [-0.25, -0.2) is 9.97 Å². The summed E-state index contributed by atoms with van der Waals surface area (Å²) in [6.07, 6.45) is 1.64. The molecule has 138 valence electrons. The van der Waals surface area contributed by atoms with E-state index in [1.165, 1.54) is 4.57 Å². The van der Waals surface area contributed by atoms with E-state index in [1.54, 1.807) is 48.5 Å². The van der Waals surface area contributed by atoms with E-state index in [1.807, 2.05) is 11.0 Å². The molecule has 0 radical (unpaired) electrons. The number of anilines is 1. The zero-order valence-electron chi connectivity index (χ0n) is 14.8. The number of halogens is 1. The molecule has 1 aliphatic rings. The fourth-order valence-electron chi connectivity index (χ4n) is 3.24. The van der Waals surface area contributed by atoms with Crippen LogP contribution in [0.1, 0.15) is 10.4 Å². The predicted octanol–water partition coefficient (Wildman–Crippen LogP) is 1.94. The Morgan fingerprint density at radius 2 is 1.78 bits per heavy atom. The number of nitrogens with zero attached hydrogens (tertiary/aromatic N) is 5. The lowest BCUT2D eigenvalue weighted by Gasteiger charge is -2.35. The van der Waals surface area contributed by atoms with Gasteiger partial charge in [-0.05, 0) is 36.4 Å². The number of piperazine rings is 1. The number of carbonyl (C=O) groups is 1. The number of aromatic nitrogens is 3. The molecule has 0 spiro atoms. The topological polar surface area (TPSA) is 71.3 Å². The number of carbonyl (C=O) groups excluding carboxylic acids is 1. The van der Waals surface area contributed by atoms with E-state index < -0.39 is 0 Å². The predicted molar refractivity (Wildman–Crippen MR) is 104 cm³/mol. The van der Waals surface area contributed by atoms with Gasteiger partial charge in [-0.15, -0.1) is 0 Å². The Bertz CT molecular complexity index is 1060. The molecule has 1 aromatic carbocycles. The molecule has 4 rings (SSSR count). The average Bonchev–Trinajstić information content (AvgIpc) is 2.71. The Morgan fingerprint density at radius 1 is 1.07 bits per heavy atom. The number of fused-ring (bicyclic) bond motifs is 1. The number of pyridine rings is 1. The summed E-state index contributed by atoms with van der Waals surface area (Å²) in [6, 6.07) is 10.5. The van der Waals surface area contributed by atoms with Crippen molar-refractivity contribution in [1.82, 2.24) is 19.4 Å². The van der Waals surface area contributed by atoms with Gasteiger partial charge in [0.15, 0.2) is 11.5 Å². The molecule has 1 aliphatic heterocycles. The Labute approximate surface area is 160 Å². The van der Waals surface area contributed by atoms with Crippen LogP contribution in [0.3, 0.4) is 0 Å². The Hall–Kier alpha value is -2.93. The van der Waals surface area contributed by atoms with Crippen LogP contribution in [0.25, 0.3) is 11.2 Å². The van der Waals surface area contributed by atoms with Gasteiger partial charge >= 0.3 is 0 Å². The number of benzene rings is 1. The monoisotopic (exact) mass is 383 g/mol. The van der Waals surface area contributed by atoms with E-state index >= 15 is 0 Å². The van der Waals surface area contributed by atoms with Gasteiger partial charge in [0.25, 0.3) is 11.5 Å². The zero-order valence-corrected chi connectivity index (χ0v) is 15.6. The molecule has 1 amide bonds. The van der Waals surface area contributed by atoms with Crippen molar-refractivity contribution >= 4 is 34.5 Å². The van der Waals surface area contributed by atoms with Gasteiger partial charge < -0.3 is 9.80 Å². The summed E-state index contributed by atoms with van der Waals surface area (Å²) in [5.41, 5.74) is 1.66. The van der Waals surface area contributed by atoms with Gasteiger partial charge in [0.05, 0.1) is 0 Å². The third-order valence-corrected chi connectivity index (χ3v) is 5.02. The van der Waals surface area contributed by atoms with E-state index in [-0.39, 0.29) is 11.5 Å². The van der Waals surface area contributed by atoms with Crippen molar-refractivity contribution in [1.29, 1.82) is 0 Å². The summed E-state index contributed by atoms with van der Waals surface area (Å²) in [5.74, 6) is 0.367. The molecule has 3 heterocycles. The maximum Gasteiger partial charge on any atom is 0.294 e. The van der Waals surface area contributed by atoms with Crippen molar-refractivity contribution in [3.63, 3.8) is 0 Å². The number of rotatable bonds is 2. The lowest BCUT2D eigenvalue weighted by Crippen LogP contribution is -2.50. The van der Waals surface area contributed by atoms with Gasteiger partial charge in [-0.2, -0.15) is 0 Å². The first-order chi connectivity index (χ1) is 13.0. The van der Waals surface area contributed by atoms with Crippen LogP contribution in [-0.2, 0) is 7.05 Å². The van der Waals surface area contributed by atoms with E-state index in [0.717, 1.165) is 0 Å². The third kappa shape index (κ3) is 3.26. The molecule has 0 saturated carbocycles. The number of hydrogen-bond acceptors (Lipinski definition) is 5. The normalized spacial score (nSPS) is 14.6. The SMILES string of the molecule is Cn1c(=O)c(N2CCN(C(=O)c3ccc(Cl)cc3)CC2)nc2cccnc21. The minimum Gasteiger partial charge on any atom is -0.348 e. The first kappa shape index (κ1) is 17.5. The van der Waals surface area contributed by atoms with Crippen LogP contribution in [0, 0.1) is 0 Å². The number of hydrogen-bond donors (Lipinski definition) is 0. The minimum atomic E-state index is -0.182. The molecule has 27 heavy (non-hydrogen) atoms. The van der Waals surface area contributed by atoms with E-state index in [0.29, 0.717) is 53.7 Å². The highest BCUT2D eigenvalue weighted by atomic mass is 35.5. The smallest absolute Gasteiger partial charge is 0.294 e. The summed E-state index contributed by atoms with van der Waals surface area (Å²) >= 11 is 5.88. The van der Waals surface area contributed by atoms with Crippen LogP contribution in [0.4, 0.5) is 5.82 Å². The summed E-state index contributed by atoms with van der Waals surface area (Å²) in [4.78, 5) is 37.7. The summed E-state index contributed by atoms with van der Waals surface area (Å²) < 4.78 is 1.52. The Balaban J connectivity index is 1.53. The number of aryl methyl sites for hydroxylation is 1. The second-order valence-electron chi connectivity index (χ2n) is 6.43. The fourth-order valence-corrected chi connectivity index (χ4v) is 3.37. The molecule has 0 atom stereocenters. The molecule has 7 nitrogen and oxygen atoms in total. The largest absolute Gasteiger partial charge is 0.348 e. The standard InChI is InChI=1S/C19H18ClN5O2/c1-23-16-15(3-2-8-21-16)22-17(19(23)27)24-9-11-25(12-10-24)18(26)13-4-6-14(20)7-5-13/h2-8H,9-12H2,1H3. The molecular weight excluding hydrogens is 366 g/mol. The lowest BCUT2D eigenvalue weighted by atomic mass is 10.2. The third-order valence-electron chi connectivity index (χ3n) is 4.76. The van der Waals surface area contributed by atoms with Crippen LogP contribution < -0.4 is 10.5 Å². The molecule has 0 N–H and O–H groups in total. The van der Waals surface area contributed by atoms with E-state index in [4.69, 9.17) is 11.6 Å². The van der Waals surface area contributed by atoms with Crippen LogP contribution in [-0.4, -0.2) is 51.5 Å². The molecule has 2 aromatic heterocycles. The van der Waals surface area contributed by atoms with Crippen molar-refractivity contribution in [2.24, 2.45) is 7.05 Å². The first-order valence-corrected chi connectivity index (χ1v) is 9.04. The Kier molecular flexibility index (Phi) is 4.53. The molecule has 0 aliphatic carbocycles. The highest BCUT2D eigenvalue weighted by molar-refractivity contribution is 6.30. The van der Waals surface area contributed by atoms with Gasteiger partial charge in [0.2, 0.25) is 0 Å². The van der Waals surface area contributed by atoms with Crippen LogP contribution >= 0.6 is 11.6 Å².